The van der Waals surface area contributed by atoms with Gasteiger partial charge in [0, 0.05) is 31.4 Å². The highest BCUT2D eigenvalue weighted by molar-refractivity contribution is 6.00. The van der Waals surface area contributed by atoms with Gasteiger partial charge in [-0.15, -0.1) is 0 Å². The fraction of sp³-hybridized carbons (Fsp3) is 0.273. The third-order valence-corrected chi connectivity index (χ3v) is 5.16. The van der Waals surface area contributed by atoms with E-state index in [2.05, 4.69) is 10.2 Å². The summed E-state index contributed by atoms with van der Waals surface area (Å²) in [5, 5.41) is 7.34. The van der Waals surface area contributed by atoms with Gasteiger partial charge < -0.3 is 14.4 Å². The third-order valence-electron chi connectivity index (χ3n) is 5.16. The number of methoxy groups -OCH3 is 2. The smallest absolute Gasteiger partial charge is 0.273 e. The quantitative estimate of drug-likeness (QED) is 0.618. The minimum atomic E-state index is -0.342. The molecule has 0 spiro atoms. The molecule has 7 heteroatoms. The van der Waals surface area contributed by atoms with Crippen molar-refractivity contribution >= 4 is 5.91 Å². The third kappa shape index (κ3) is 3.49. The van der Waals surface area contributed by atoms with E-state index < -0.39 is 0 Å². The molecule has 0 bridgehead atoms. The van der Waals surface area contributed by atoms with Crippen molar-refractivity contribution in [1.82, 2.24) is 15.1 Å². The molecule has 0 aliphatic carbocycles. The number of H-pyrrole nitrogens is 1. The van der Waals surface area contributed by atoms with Crippen LogP contribution in [0.15, 0.2) is 48.5 Å². The molecule has 1 aliphatic rings. The number of aromatic nitrogens is 2. The van der Waals surface area contributed by atoms with Gasteiger partial charge >= 0.3 is 0 Å². The van der Waals surface area contributed by atoms with Crippen LogP contribution in [-0.4, -0.2) is 48.4 Å². The number of fused-ring (bicyclic) bond motifs is 1. The molecule has 29 heavy (non-hydrogen) atoms. The summed E-state index contributed by atoms with van der Waals surface area (Å²) >= 11 is 0. The van der Waals surface area contributed by atoms with Crippen molar-refractivity contribution in [2.24, 2.45) is 0 Å². The lowest BCUT2D eigenvalue weighted by molar-refractivity contribution is 0.0723. The zero-order chi connectivity index (χ0) is 20.4. The first kappa shape index (κ1) is 19.1. The Morgan fingerprint density at radius 3 is 2.48 bits per heavy atom. The van der Waals surface area contributed by atoms with E-state index in [9.17, 15) is 9.18 Å². The maximum absolute atomic E-state index is 13.5. The monoisotopic (exact) mass is 395 g/mol. The maximum atomic E-state index is 13.5. The van der Waals surface area contributed by atoms with Gasteiger partial charge in [0.15, 0.2) is 0 Å². The van der Waals surface area contributed by atoms with E-state index in [1.165, 1.54) is 12.1 Å². The van der Waals surface area contributed by atoms with E-state index in [-0.39, 0.29) is 17.8 Å². The van der Waals surface area contributed by atoms with Gasteiger partial charge in [-0.3, -0.25) is 9.89 Å². The van der Waals surface area contributed by atoms with Crippen molar-refractivity contribution < 1.29 is 18.7 Å². The maximum Gasteiger partial charge on any atom is 0.273 e. The van der Waals surface area contributed by atoms with Crippen LogP contribution in [0.3, 0.4) is 0 Å². The van der Waals surface area contributed by atoms with E-state index in [0.717, 1.165) is 22.4 Å². The molecule has 3 aromatic rings. The highest BCUT2D eigenvalue weighted by Crippen LogP contribution is 2.42. The molecule has 1 atom stereocenters. The zero-order valence-electron chi connectivity index (χ0n) is 16.3. The number of halogens is 1. The standard InChI is InChI=1S/C22H22FN3O3/c1-28-13-3-12-26-21(15-4-8-16(23)9-5-15)18-19(24-25-20(18)22(26)27)14-6-10-17(29-2)11-7-14/h4-11,21H,3,12-13H2,1-2H3,(H,24,25). The second-order valence-electron chi connectivity index (χ2n) is 6.89. The van der Waals surface area contributed by atoms with Crippen LogP contribution in [0.1, 0.15) is 34.1 Å². The number of ether oxygens (including phenoxy) is 2. The second-order valence-corrected chi connectivity index (χ2v) is 6.89. The van der Waals surface area contributed by atoms with Gasteiger partial charge in [0.05, 0.1) is 18.8 Å². The number of aromatic amines is 1. The summed E-state index contributed by atoms with van der Waals surface area (Å²) in [5.41, 5.74) is 3.71. The van der Waals surface area contributed by atoms with Crippen LogP contribution >= 0.6 is 0 Å². The Morgan fingerprint density at radius 2 is 1.83 bits per heavy atom. The molecule has 0 fully saturated rings. The van der Waals surface area contributed by atoms with Crippen LogP contribution in [0.4, 0.5) is 4.39 Å². The molecule has 6 nitrogen and oxygen atoms in total. The fourth-order valence-electron chi connectivity index (χ4n) is 3.77. The van der Waals surface area contributed by atoms with Gasteiger partial charge in [0.1, 0.15) is 17.3 Å². The number of hydrogen-bond acceptors (Lipinski definition) is 4. The lowest BCUT2D eigenvalue weighted by Crippen LogP contribution is -2.31. The first-order valence-electron chi connectivity index (χ1n) is 9.42. The van der Waals surface area contributed by atoms with Crippen molar-refractivity contribution in [3.63, 3.8) is 0 Å². The SMILES string of the molecule is COCCCN1C(=O)c2[nH]nc(-c3ccc(OC)cc3)c2C1c1ccc(F)cc1. The van der Waals surface area contributed by atoms with E-state index in [1.54, 1.807) is 31.3 Å². The summed E-state index contributed by atoms with van der Waals surface area (Å²) in [7, 11) is 3.25. The van der Waals surface area contributed by atoms with Gasteiger partial charge in [-0.1, -0.05) is 12.1 Å². The van der Waals surface area contributed by atoms with E-state index in [4.69, 9.17) is 9.47 Å². The Labute approximate surface area is 168 Å². The highest BCUT2D eigenvalue weighted by Gasteiger charge is 2.41. The number of carbonyl (C=O) groups excluding carboxylic acids is 1. The van der Waals surface area contributed by atoms with Crippen molar-refractivity contribution in [1.29, 1.82) is 0 Å². The lowest BCUT2D eigenvalue weighted by Gasteiger charge is -2.26. The molecule has 1 amide bonds. The summed E-state index contributed by atoms with van der Waals surface area (Å²) in [4.78, 5) is 14.9. The summed E-state index contributed by atoms with van der Waals surface area (Å²) < 4.78 is 23.9. The van der Waals surface area contributed by atoms with Crippen molar-refractivity contribution in [2.75, 3.05) is 27.4 Å². The average Bonchev–Trinajstić information content (AvgIpc) is 3.29. The molecule has 0 saturated heterocycles. The predicted octanol–water partition coefficient (Wildman–Crippen LogP) is 3.81. The van der Waals surface area contributed by atoms with Gasteiger partial charge in [0.2, 0.25) is 0 Å². The minimum absolute atomic E-state index is 0.113. The van der Waals surface area contributed by atoms with Crippen LogP contribution < -0.4 is 4.74 Å². The Hall–Kier alpha value is -3.19. The van der Waals surface area contributed by atoms with E-state index >= 15 is 0 Å². The summed E-state index contributed by atoms with van der Waals surface area (Å²) in [6.07, 6.45) is 0.704. The number of benzene rings is 2. The number of carbonyl (C=O) groups is 1. The normalized spacial score (nSPS) is 15.6. The molecule has 4 rings (SSSR count). The van der Waals surface area contributed by atoms with Crippen LogP contribution in [0.25, 0.3) is 11.3 Å². The molecule has 0 radical (unpaired) electrons. The molecule has 2 aromatic carbocycles. The van der Waals surface area contributed by atoms with Gasteiger partial charge in [0.25, 0.3) is 5.91 Å². The fourth-order valence-corrected chi connectivity index (χ4v) is 3.77. The molecular weight excluding hydrogens is 373 g/mol. The molecule has 150 valence electrons. The number of hydrogen-bond donors (Lipinski definition) is 1. The summed E-state index contributed by atoms with van der Waals surface area (Å²) in [6.45, 7) is 1.08. The summed E-state index contributed by atoms with van der Waals surface area (Å²) in [6, 6.07) is 13.5. The zero-order valence-corrected chi connectivity index (χ0v) is 16.3. The minimum Gasteiger partial charge on any atom is -0.497 e. The summed E-state index contributed by atoms with van der Waals surface area (Å²) in [5.74, 6) is 0.317. The van der Waals surface area contributed by atoms with Crippen LogP contribution in [0, 0.1) is 5.82 Å². The molecule has 0 saturated carbocycles. The van der Waals surface area contributed by atoms with Crippen LogP contribution in [-0.2, 0) is 4.74 Å². The highest BCUT2D eigenvalue weighted by atomic mass is 19.1. The number of nitrogens with zero attached hydrogens (tertiary/aromatic N) is 2. The molecule has 1 aliphatic heterocycles. The molecule has 1 N–H and O–H groups in total. The molecule has 1 unspecified atom stereocenters. The Bertz CT molecular complexity index is 999. The van der Waals surface area contributed by atoms with Crippen LogP contribution in [0.2, 0.25) is 0 Å². The number of rotatable bonds is 7. The van der Waals surface area contributed by atoms with E-state index in [0.29, 0.717) is 31.0 Å². The van der Waals surface area contributed by atoms with Crippen molar-refractivity contribution in [2.45, 2.75) is 12.5 Å². The van der Waals surface area contributed by atoms with Gasteiger partial charge in [-0.05, 0) is 48.4 Å². The first-order chi connectivity index (χ1) is 14.1. The topological polar surface area (TPSA) is 67.5 Å². The van der Waals surface area contributed by atoms with Crippen LogP contribution in [0.5, 0.6) is 5.75 Å². The van der Waals surface area contributed by atoms with Gasteiger partial charge in [-0.25, -0.2) is 4.39 Å². The predicted molar refractivity (Wildman–Crippen MR) is 106 cm³/mol. The Balaban J connectivity index is 1.79. The van der Waals surface area contributed by atoms with Crippen molar-refractivity contribution in [3.8, 4) is 17.0 Å². The number of amides is 1. The Morgan fingerprint density at radius 1 is 1.10 bits per heavy atom. The second kappa shape index (κ2) is 8.05. The number of nitrogens with one attached hydrogen (secondary N) is 1. The Kier molecular flexibility index (Phi) is 5.31. The molecule has 2 heterocycles. The first-order valence-corrected chi connectivity index (χ1v) is 9.42. The lowest BCUT2D eigenvalue weighted by atomic mass is 9.96. The average molecular weight is 395 g/mol. The molecule has 1 aromatic heterocycles. The van der Waals surface area contributed by atoms with Gasteiger partial charge in [-0.2, -0.15) is 5.10 Å². The molecular formula is C22H22FN3O3. The largest absolute Gasteiger partial charge is 0.497 e. The van der Waals surface area contributed by atoms with E-state index in [1.807, 2.05) is 24.3 Å². The van der Waals surface area contributed by atoms with Crippen molar-refractivity contribution in [3.05, 3.63) is 71.2 Å².